The van der Waals surface area contributed by atoms with Gasteiger partial charge in [0.1, 0.15) is 6.67 Å². The number of hydrogen-bond donors (Lipinski definition) is 0. The normalized spacial score (nSPS) is 16.5. The molecule has 0 nitrogen and oxygen atoms in total. The van der Waals surface area contributed by atoms with Crippen molar-refractivity contribution >= 4 is 0 Å². The molecule has 0 fully saturated rings. The van der Waals surface area contributed by atoms with Crippen LogP contribution in [0.5, 0.6) is 0 Å². The number of alkyl halides is 1. The van der Waals surface area contributed by atoms with E-state index < -0.39 is 0 Å². The van der Waals surface area contributed by atoms with E-state index in [1.165, 1.54) is 0 Å². The van der Waals surface area contributed by atoms with Crippen LogP contribution in [-0.2, 0) is 0 Å². The van der Waals surface area contributed by atoms with Crippen LogP contribution in [0.2, 0.25) is 0 Å². The highest BCUT2D eigenvalue weighted by atomic mass is 19.1. The van der Waals surface area contributed by atoms with E-state index >= 15 is 0 Å². The molecule has 0 aromatic rings. The highest BCUT2D eigenvalue weighted by molar-refractivity contribution is 5.15. The molecule has 0 radical (unpaired) electrons. The number of halogens is 1. The minimum atomic E-state index is -0.309. The fourth-order valence-corrected chi connectivity index (χ4v) is 0.340. The summed E-state index contributed by atoms with van der Waals surface area (Å²) in [6, 6.07) is 0. The van der Waals surface area contributed by atoms with E-state index in [4.69, 9.17) is 0 Å². The van der Waals surface area contributed by atoms with Gasteiger partial charge in [0.05, 0.1) is 0 Å². The SMILES string of the molecule is FCC1=C=CC1. The predicted molar refractivity (Wildman–Crippen MR) is 22.2 cm³/mol. The molecule has 0 N–H and O–H groups in total. The van der Waals surface area contributed by atoms with Crippen molar-refractivity contribution in [2.45, 2.75) is 6.42 Å². The molecule has 0 saturated carbocycles. The Morgan fingerprint density at radius 2 is 2.67 bits per heavy atom. The molecule has 1 heteroatoms. The van der Waals surface area contributed by atoms with Crippen molar-refractivity contribution in [3.8, 4) is 0 Å². The third-order valence-corrected chi connectivity index (χ3v) is 0.816. The summed E-state index contributed by atoms with van der Waals surface area (Å²) in [7, 11) is 0. The van der Waals surface area contributed by atoms with E-state index in [9.17, 15) is 4.39 Å². The van der Waals surface area contributed by atoms with E-state index in [0.717, 1.165) is 12.0 Å². The third-order valence-electron chi connectivity index (χ3n) is 0.816. The summed E-state index contributed by atoms with van der Waals surface area (Å²) in [6.45, 7) is -0.309. The zero-order valence-electron chi connectivity index (χ0n) is 3.37. The molecule has 0 atom stereocenters. The summed E-state index contributed by atoms with van der Waals surface area (Å²) in [5.41, 5.74) is 3.51. The van der Waals surface area contributed by atoms with Crippen molar-refractivity contribution < 1.29 is 4.39 Å². The average Bonchev–Trinajstić information content (AvgIpc) is 1.31. The van der Waals surface area contributed by atoms with Crippen LogP contribution in [0.25, 0.3) is 0 Å². The van der Waals surface area contributed by atoms with Gasteiger partial charge in [0.25, 0.3) is 0 Å². The topological polar surface area (TPSA) is 0 Å². The quantitative estimate of drug-likeness (QED) is 0.422. The van der Waals surface area contributed by atoms with Crippen LogP contribution in [0.15, 0.2) is 17.4 Å². The Morgan fingerprint density at radius 3 is 2.67 bits per heavy atom. The van der Waals surface area contributed by atoms with Crippen LogP contribution in [-0.4, -0.2) is 6.67 Å². The first-order valence-electron chi connectivity index (χ1n) is 1.92. The fraction of sp³-hybridized carbons (Fsp3) is 0.400. The summed E-state index contributed by atoms with van der Waals surface area (Å²) in [6.07, 6.45) is 2.64. The van der Waals surface area contributed by atoms with Gasteiger partial charge in [-0.25, -0.2) is 4.39 Å². The van der Waals surface area contributed by atoms with Crippen LogP contribution in [0.3, 0.4) is 0 Å². The van der Waals surface area contributed by atoms with Gasteiger partial charge in [-0.15, -0.1) is 5.73 Å². The maximum atomic E-state index is 11.3. The van der Waals surface area contributed by atoms with E-state index in [2.05, 4.69) is 5.73 Å². The summed E-state index contributed by atoms with van der Waals surface area (Å²) in [5.74, 6) is 0. The number of allylic oxidation sites excluding steroid dienone is 1. The maximum absolute atomic E-state index is 11.3. The highest BCUT2D eigenvalue weighted by Gasteiger charge is 1.95. The summed E-state index contributed by atoms with van der Waals surface area (Å²) < 4.78 is 11.3. The standard InChI is InChI=1S/C5H5F/c6-4-5-2-1-3-5/h1H,2,4H2. The Labute approximate surface area is 36.0 Å². The molecule has 1 rings (SSSR count). The first-order chi connectivity index (χ1) is 2.93. The van der Waals surface area contributed by atoms with Crippen LogP contribution < -0.4 is 0 Å². The van der Waals surface area contributed by atoms with Crippen molar-refractivity contribution in [3.63, 3.8) is 0 Å². The molecular weight excluding hydrogens is 79.1 g/mol. The van der Waals surface area contributed by atoms with E-state index in [1.54, 1.807) is 0 Å². The van der Waals surface area contributed by atoms with Crippen LogP contribution >= 0.6 is 0 Å². The molecule has 6 heavy (non-hydrogen) atoms. The van der Waals surface area contributed by atoms with E-state index in [1.807, 2.05) is 6.08 Å². The average molecular weight is 84.1 g/mol. The largest absolute Gasteiger partial charge is 0.246 e. The van der Waals surface area contributed by atoms with Gasteiger partial charge in [-0.3, -0.25) is 0 Å². The van der Waals surface area contributed by atoms with Gasteiger partial charge in [0, 0.05) is 12.0 Å². The van der Waals surface area contributed by atoms with Crippen molar-refractivity contribution in [2.24, 2.45) is 0 Å². The second-order valence-electron chi connectivity index (χ2n) is 1.29. The van der Waals surface area contributed by atoms with Gasteiger partial charge < -0.3 is 0 Å². The fourth-order valence-electron chi connectivity index (χ4n) is 0.340. The molecule has 1 aliphatic carbocycles. The van der Waals surface area contributed by atoms with Gasteiger partial charge in [0.2, 0.25) is 0 Å². The second kappa shape index (κ2) is 1.27. The minimum absolute atomic E-state index is 0.309. The molecule has 0 aromatic carbocycles. The predicted octanol–water partition coefficient (Wildman–Crippen LogP) is 1.44. The van der Waals surface area contributed by atoms with E-state index in [0.29, 0.717) is 0 Å². The smallest absolute Gasteiger partial charge is 0.118 e. The lowest BCUT2D eigenvalue weighted by molar-refractivity contribution is 0.535. The summed E-state index contributed by atoms with van der Waals surface area (Å²) in [5, 5.41) is 0. The van der Waals surface area contributed by atoms with Gasteiger partial charge in [-0.1, -0.05) is 0 Å². The lowest BCUT2D eigenvalue weighted by atomic mass is 10.1. The van der Waals surface area contributed by atoms with Crippen molar-refractivity contribution in [2.75, 3.05) is 6.67 Å². The zero-order valence-corrected chi connectivity index (χ0v) is 3.37. The molecule has 0 unspecified atom stereocenters. The molecule has 0 aromatic heterocycles. The Balaban J connectivity index is 2.54. The van der Waals surface area contributed by atoms with Crippen molar-refractivity contribution in [1.29, 1.82) is 0 Å². The Hall–Kier alpha value is -0.550. The molecule has 0 aliphatic heterocycles. The molecule has 1 aliphatic rings. The van der Waals surface area contributed by atoms with Crippen LogP contribution in [0, 0.1) is 0 Å². The number of hydrogen-bond acceptors (Lipinski definition) is 0. The first kappa shape index (κ1) is 3.63. The van der Waals surface area contributed by atoms with Crippen molar-refractivity contribution in [1.82, 2.24) is 0 Å². The summed E-state index contributed by atoms with van der Waals surface area (Å²) in [4.78, 5) is 0. The van der Waals surface area contributed by atoms with Crippen LogP contribution in [0.1, 0.15) is 6.42 Å². The van der Waals surface area contributed by atoms with Gasteiger partial charge in [0.15, 0.2) is 0 Å². The molecule has 0 spiro atoms. The third kappa shape index (κ3) is 0.373. The molecule has 0 amide bonds. The molecule has 0 bridgehead atoms. The minimum Gasteiger partial charge on any atom is -0.246 e. The lowest BCUT2D eigenvalue weighted by Gasteiger charge is -1.96. The summed E-state index contributed by atoms with van der Waals surface area (Å²) >= 11 is 0. The Bertz CT molecular complexity index is 107. The highest BCUT2D eigenvalue weighted by Crippen LogP contribution is 2.07. The molecular formula is C5H5F. The van der Waals surface area contributed by atoms with Gasteiger partial charge in [-0.05, 0) is 6.08 Å². The first-order valence-corrected chi connectivity index (χ1v) is 1.92. The van der Waals surface area contributed by atoms with Gasteiger partial charge >= 0.3 is 0 Å². The second-order valence-corrected chi connectivity index (χ2v) is 1.29. The Morgan fingerprint density at radius 1 is 2.00 bits per heavy atom. The molecule has 32 valence electrons. The zero-order chi connectivity index (χ0) is 4.41. The lowest BCUT2D eigenvalue weighted by Crippen LogP contribution is -1.86. The Kier molecular flexibility index (Phi) is 0.771. The maximum Gasteiger partial charge on any atom is 0.118 e. The van der Waals surface area contributed by atoms with Gasteiger partial charge in [-0.2, -0.15) is 0 Å². The van der Waals surface area contributed by atoms with Crippen molar-refractivity contribution in [3.05, 3.63) is 17.4 Å². The molecule has 0 heterocycles. The van der Waals surface area contributed by atoms with E-state index in [-0.39, 0.29) is 6.67 Å². The monoisotopic (exact) mass is 84.0 g/mol. The molecule has 0 saturated heterocycles. The van der Waals surface area contributed by atoms with Crippen LogP contribution in [0.4, 0.5) is 4.39 Å². The number of rotatable bonds is 1.